The minimum absolute atomic E-state index is 0.129. The molecule has 2 aromatic heterocycles. The van der Waals surface area contributed by atoms with E-state index in [1.807, 2.05) is 30.3 Å². The lowest BCUT2D eigenvalue weighted by atomic mass is 10.1. The number of carboxylic acid groups (broad SMARTS) is 1. The molecule has 0 aliphatic rings. The molecular formula is C21H20N4O5S2. The summed E-state index contributed by atoms with van der Waals surface area (Å²) in [4.78, 5) is 44.8. The van der Waals surface area contributed by atoms with Crippen LogP contribution >= 0.6 is 22.7 Å². The number of aromatic nitrogens is 2. The highest BCUT2D eigenvalue weighted by Gasteiger charge is 2.28. The Morgan fingerprint density at radius 2 is 1.75 bits per heavy atom. The third-order valence-electron chi connectivity index (χ3n) is 4.31. The van der Waals surface area contributed by atoms with Crippen LogP contribution in [0.3, 0.4) is 0 Å². The molecule has 0 aliphatic carbocycles. The Morgan fingerprint density at radius 1 is 1.06 bits per heavy atom. The van der Waals surface area contributed by atoms with Gasteiger partial charge in [-0.15, -0.1) is 22.7 Å². The van der Waals surface area contributed by atoms with Crippen molar-refractivity contribution in [3.05, 3.63) is 63.6 Å². The van der Waals surface area contributed by atoms with Crippen LogP contribution in [-0.4, -0.2) is 50.1 Å². The van der Waals surface area contributed by atoms with Crippen molar-refractivity contribution in [1.82, 2.24) is 20.6 Å². The molecule has 32 heavy (non-hydrogen) atoms. The number of hydrogen-bond acceptors (Lipinski definition) is 8. The van der Waals surface area contributed by atoms with Gasteiger partial charge >= 0.3 is 5.97 Å². The molecule has 0 radical (unpaired) electrons. The van der Waals surface area contributed by atoms with Crippen molar-refractivity contribution in [2.75, 3.05) is 0 Å². The predicted molar refractivity (Wildman–Crippen MR) is 121 cm³/mol. The van der Waals surface area contributed by atoms with Gasteiger partial charge in [0, 0.05) is 16.3 Å². The molecule has 166 valence electrons. The SMILES string of the molecule is C/C=C(/NC(=O)[C@@H](NC(=O)c1csc(-c2ccccc2)n1)[C@@H](C)O)c1nc(C(=O)O)cs1. The maximum absolute atomic E-state index is 12.8. The highest BCUT2D eigenvalue weighted by molar-refractivity contribution is 7.13. The summed E-state index contributed by atoms with van der Waals surface area (Å²) in [5.41, 5.74) is 1.12. The summed E-state index contributed by atoms with van der Waals surface area (Å²) in [5, 5.41) is 28.1. The first kappa shape index (κ1) is 23.3. The lowest BCUT2D eigenvalue weighted by molar-refractivity contribution is -0.124. The molecule has 0 fully saturated rings. The summed E-state index contributed by atoms with van der Waals surface area (Å²) in [5.74, 6) is -2.46. The molecule has 0 spiro atoms. The van der Waals surface area contributed by atoms with E-state index in [9.17, 15) is 19.5 Å². The Labute approximate surface area is 191 Å². The van der Waals surface area contributed by atoms with Crippen molar-refractivity contribution in [3.63, 3.8) is 0 Å². The Kier molecular flexibility index (Phi) is 7.46. The lowest BCUT2D eigenvalue weighted by Gasteiger charge is -2.21. The number of thiazole rings is 2. The minimum atomic E-state index is -1.27. The fourth-order valence-corrected chi connectivity index (χ4v) is 4.30. The van der Waals surface area contributed by atoms with E-state index < -0.39 is 29.9 Å². The second-order valence-corrected chi connectivity index (χ2v) is 8.35. The number of nitrogens with zero attached hydrogens (tertiary/aromatic N) is 2. The summed E-state index contributed by atoms with van der Waals surface area (Å²) in [7, 11) is 0. The minimum Gasteiger partial charge on any atom is -0.476 e. The molecule has 0 saturated heterocycles. The van der Waals surface area contributed by atoms with Gasteiger partial charge in [0.05, 0.1) is 11.8 Å². The van der Waals surface area contributed by atoms with E-state index >= 15 is 0 Å². The number of amides is 2. The quantitative estimate of drug-likeness (QED) is 0.395. The number of carboxylic acids is 1. The van der Waals surface area contributed by atoms with Crippen molar-refractivity contribution in [1.29, 1.82) is 0 Å². The summed E-state index contributed by atoms with van der Waals surface area (Å²) in [6.45, 7) is 3.02. The number of benzene rings is 1. The van der Waals surface area contributed by atoms with Crippen LogP contribution in [-0.2, 0) is 4.79 Å². The number of carbonyl (C=O) groups is 3. The highest BCUT2D eigenvalue weighted by atomic mass is 32.1. The second-order valence-electron chi connectivity index (χ2n) is 6.63. The lowest BCUT2D eigenvalue weighted by Crippen LogP contribution is -2.52. The molecule has 2 atom stereocenters. The standard InChI is InChI=1S/C21H20N4O5S2/c1-3-13(20-24-15(10-32-20)21(29)30)22-18(28)16(11(2)26)25-17(27)14-9-31-19(23-14)12-7-5-4-6-8-12/h3-11,16,26H,1-2H3,(H,22,28)(H,25,27)(H,29,30)/b13-3+/t11-,16+/m1/s1. The third kappa shape index (κ3) is 5.44. The zero-order chi connectivity index (χ0) is 23.3. The van der Waals surface area contributed by atoms with Gasteiger partial charge in [-0.1, -0.05) is 36.4 Å². The van der Waals surface area contributed by atoms with Crippen LogP contribution in [0.2, 0.25) is 0 Å². The van der Waals surface area contributed by atoms with Crippen LogP contribution < -0.4 is 10.6 Å². The van der Waals surface area contributed by atoms with Gasteiger partial charge in [0.1, 0.15) is 21.8 Å². The first-order valence-electron chi connectivity index (χ1n) is 9.46. The smallest absolute Gasteiger partial charge is 0.355 e. The average molecular weight is 473 g/mol. The van der Waals surface area contributed by atoms with Crippen molar-refractivity contribution >= 4 is 46.2 Å². The summed E-state index contributed by atoms with van der Waals surface area (Å²) >= 11 is 2.34. The number of allylic oxidation sites excluding steroid dienone is 1. The number of carbonyl (C=O) groups excluding carboxylic acids is 2. The molecule has 1 aromatic carbocycles. The molecule has 11 heteroatoms. The van der Waals surface area contributed by atoms with E-state index in [0.29, 0.717) is 10.0 Å². The van der Waals surface area contributed by atoms with E-state index in [0.717, 1.165) is 16.9 Å². The van der Waals surface area contributed by atoms with Crippen molar-refractivity contribution in [2.24, 2.45) is 0 Å². The Balaban J connectivity index is 1.71. The Bertz CT molecular complexity index is 1150. The molecular weight excluding hydrogens is 452 g/mol. The highest BCUT2D eigenvalue weighted by Crippen LogP contribution is 2.23. The maximum Gasteiger partial charge on any atom is 0.355 e. The van der Waals surface area contributed by atoms with Gasteiger partial charge in [0.2, 0.25) is 5.91 Å². The van der Waals surface area contributed by atoms with E-state index in [-0.39, 0.29) is 17.1 Å². The van der Waals surface area contributed by atoms with Crippen molar-refractivity contribution in [2.45, 2.75) is 26.0 Å². The number of nitrogens with one attached hydrogen (secondary N) is 2. The van der Waals surface area contributed by atoms with Crippen LogP contribution in [0.5, 0.6) is 0 Å². The average Bonchev–Trinajstić information content (AvgIpc) is 3.46. The second kappa shape index (κ2) is 10.3. The molecule has 4 N–H and O–H groups in total. The molecule has 3 aromatic rings. The number of hydrogen-bond donors (Lipinski definition) is 4. The third-order valence-corrected chi connectivity index (χ3v) is 6.08. The van der Waals surface area contributed by atoms with Gasteiger partial charge in [-0.25, -0.2) is 14.8 Å². The molecule has 0 bridgehead atoms. The number of aromatic carboxylic acids is 1. The van der Waals surface area contributed by atoms with Crippen LogP contribution in [0.25, 0.3) is 16.3 Å². The molecule has 3 rings (SSSR count). The molecule has 2 amide bonds. The zero-order valence-corrected chi connectivity index (χ0v) is 18.7. The number of aliphatic hydroxyl groups excluding tert-OH is 1. The molecule has 9 nitrogen and oxygen atoms in total. The normalized spacial score (nSPS) is 13.3. The fraction of sp³-hybridized carbons (Fsp3) is 0.190. The van der Waals surface area contributed by atoms with Crippen LogP contribution in [0.1, 0.15) is 39.8 Å². The number of aliphatic hydroxyl groups is 1. The van der Waals surface area contributed by atoms with Crippen molar-refractivity contribution < 1.29 is 24.6 Å². The van der Waals surface area contributed by atoms with Crippen LogP contribution in [0.15, 0.2) is 47.2 Å². The summed E-state index contributed by atoms with van der Waals surface area (Å²) in [6, 6.07) is 8.09. The predicted octanol–water partition coefficient (Wildman–Crippen LogP) is 2.62. The van der Waals surface area contributed by atoms with Gasteiger partial charge in [0.25, 0.3) is 5.91 Å². The fourth-order valence-electron chi connectivity index (χ4n) is 2.67. The van der Waals surface area contributed by atoms with Gasteiger partial charge in [-0.2, -0.15) is 0 Å². The topological polar surface area (TPSA) is 142 Å². The molecule has 2 heterocycles. The molecule has 0 saturated carbocycles. The Morgan fingerprint density at radius 3 is 2.34 bits per heavy atom. The van der Waals surface area contributed by atoms with Crippen LogP contribution in [0, 0.1) is 0 Å². The van der Waals surface area contributed by atoms with Gasteiger partial charge in [0.15, 0.2) is 5.69 Å². The van der Waals surface area contributed by atoms with E-state index in [1.165, 1.54) is 23.6 Å². The molecule has 0 unspecified atom stereocenters. The Hall–Kier alpha value is -3.41. The summed E-state index contributed by atoms with van der Waals surface area (Å²) < 4.78 is 0. The van der Waals surface area contributed by atoms with Crippen molar-refractivity contribution in [3.8, 4) is 10.6 Å². The zero-order valence-electron chi connectivity index (χ0n) is 17.1. The van der Waals surface area contributed by atoms with Gasteiger partial charge in [-0.3, -0.25) is 9.59 Å². The maximum atomic E-state index is 12.8. The largest absolute Gasteiger partial charge is 0.476 e. The number of rotatable bonds is 8. The van der Waals surface area contributed by atoms with E-state index in [2.05, 4.69) is 20.6 Å². The van der Waals surface area contributed by atoms with Gasteiger partial charge < -0.3 is 20.8 Å². The van der Waals surface area contributed by atoms with Gasteiger partial charge in [-0.05, 0) is 13.8 Å². The first-order chi connectivity index (χ1) is 15.3. The molecule has 0 aliphatic heterocycles. The first-order valence-corrected chi connectivity index (χ1v) is 11.2. The van der Waals surface area contributed by atoms with Crippen LogP contribution in [0.4, 0.5) is 0 Å². The van der Waals surface area contributed by atoms with E-state index in [1.54, 1.807) is 18.4 Å². The monoisotopic (exact) mass is 472 g/mol. The summed E-state index contributed by atoms with van der Waals surface area (Å²) in [6.07, 6.45) is 0.353. The van der Waals surface area contributed by atoms with E-state index in [4.69, 9.17) is 5.11 Å².